The maximum Gasteiger partial charge on any atom is 0.170 e. The van der Waals surface area contributed by atoms with Crippen LogP contribution in [0.4, 0.5) is 8.78 Å². The van der Waals surface area contributed by atoms with E-state index in [1.54, 1.807) is 6.07 Å². The summed E-state index contributed by atoms with van der Waals surface area (Å²) in [6.45, 7) is 0. The van der Waals surface area contributed by atoms with Crippen LogP contribution in [-0.4, -0.2) is 12.1 Å². The van der Waals surface area contributed by atoms with Crippen LogP contribution in [0.3, 0.4) is 0 Å². The first-order valence-electron chi connectivity index (χ1n) is 5.63. The highest BCUT2D eigenvalue weighted by molar-refractivity contribution is 6.03. The van der Waals surface area contributed by atoms with Crippen molar-refractivity contribution in [2.45, 2.75) is 6.42 Å². The van der Waals surface area contributed by atoms with Crippen LogP contribution in [0.1, 0.15) is 26.3 Å². The van der Waals surface area contributed by atoms with E-state index in [4.69, 9.17) is 0 Å². The predicted octanol–water partition coefficient (Wildman–Crippen LogP) is 3.20. The van der Waals surface area contributed by atoms with Crippen LogP contribution < -0.4 is 0 Å². The van der Waals surface area contributed by atoms with Crippen molar-refractivity contribution in [3.05, 3.63) is 70.8 Å². The first-order valence-corrected chi connectivity index (χ1v) is 5.63. The van der Waals surface area contributed by atoms with Gasteiger partial charge >= 0.3 is 0 Å². The Morgan fingerprint density at radius 3 is 2.53 bits per heavy atom. The van der Waals surface area contributed by atoms with Crippen LogP contribution in [0.25, 0.3) is 0 Å². The van der Waals surface area contributed by atoms with Crippen molar-refractivity contribution in [2.75, 3.05) is 0 Å². The van der Waals surface area contributed by atoms with E-state index in [1.807, 2.05) is 0 Å². The first kappa shape index (κ1) is 13.1. The zero-order valence-electron chi connectivity index (χ0n) is 9.90. The van der Waals surface area contributed by atoms with E-state index in [-0.39, 0.29) is 17.5 Å². The molecule has 0 bridgehead atoms. The van der Waals surface area contributed by atoms with Crippen LogP contribution in [0.15, 0.2) is 42.5 Å². The summed E-state index contributed by atoms with van der Waals surface area (Å²) in [7, 11) is 0. The average molecular weight is 260 g/mol. The summed E-state index contributed by atoms with van der Waals surface area (Å²) in [6, 6.07) is 9.36. The molecule has 19 heavy (non-hydrogen) atoms. The smallest absolute Gasteiger partial charge is 0.170 e. The second kappa shape index (κ2) is 5.52. The fourth-order valence-corrected chi connectivity index (χ4v) is 1.85. The van der Waals surface area contributed by atoms with Gasteiger partial charge in [0.1, 0.15) is 11.6 Å². The molecule has 0 aromatic heterocycles. The summed E-state index contributed by atoms with van der Waals surface area (Å²) in [5.74, 6) is -1.76. The molecule has 0 saturated carbocycles. The number of ketones is 1. The van der Waals surface area contributed by atoms with E-state index in [1.165, 1.54) is 30.3 Å². The van der Waals surface area contributed by atoms with E-state index in [9.17, 15) is 18.4 Å². The molecule has 0 radical (unpaired) electrons. The standard InChI is InChI=1S/C15H10F2O2/c16-12-5-1-3-10(7-12)8-14(19)15-11(9-18)4-2-6-13(15)17/h1-7,9H,8H2. The Labute approximate surface area is 108 Å². The number of hydrogen-bond donors (Lipinski definition) is 0. The number of rotatable bonds is 4. The molecule has 0 unspecified atom stereocenters. The van der Waals surface area contributed by atoms with E-state index in [0.29, 0.717) is 11.8 Å². The molecule has 0 aliphatic heterocycles. The molecule has 2 rings (SSSR count). The van der Waals surface area contributed by atoms with Crippen molar-refractivity contribution in [1.82, 2.24) is 0 Å². The topological polar surface area (TPSA) is 34.1 Å². The fraction of sp³-hybridized carbons (Fsp3) is 0.0667. The maximum absolute atomic E-state index is 13.6. The molecular formula is C15H10F2O2. The highest BCUT2D eigenvalue weighted by Crippen LogP contribution is 2.16. The van der Waals surface area contributed by atoms with Gasteiger partial charge in [-0.3, -0.25) is 9.59 Å². The molecule has 0 amide bonds. The molecular weight excluding hydrogens is 250 g/mol. The van der Waals surface area contributed by atoms with Gasteiger partial charge in [-0.25, -0.2) is 8.78 Å². The Morgan fingerprint density at radius 2 is 1.84 bits per heavy atom. The van der Waals surface area contributed by atoms with Crippen LogP contribution in [-0.2, 0) is 6.42 Å². The highest BCUT2D eigenvalue weighted by Gasteiger charge is 2.16. The minimum absolute atomic E-state index is 0.00130. The quantitative estimate of drug-likeness (QED) is 0.625. The highest BCUT2D eigenvalue weighted by atomic mass is 19.1. The summed E-state index contributed by atoms with van der Waals surface area (Å²) in [4.78, 5) is 22.8. The number of carbonyl (C=O) groups is 2. The van der Waals surface area contributed by atoms with Gasteiger partial charge < -0.3 is 0 Å². The van der Waals surface area contributed by atoms with Gasteiger partial charge in [0.25, 0.3) is 0 Å². The predicted molar refractivity (Wildman–Crippen MR) is 66.2 cm³/mol. The van der Waals surface area contributed by atoms with Crippen molar-refractivity contribution < 1.29 is 18.4 Å². The molecule has 2 aromatic carbocycles. The van der Waals surface area contributed by atoms with Crippen LogP contribution >= 0.6 is 0 Å². The van der Waals surface area contributed by atoms with Gasteiger partial charge in [0.05, 0.1) is 5.56 Å². The van der Waals surface area contributed by atoms with Crippen LogP contribution in [0, 0.1) is 11.6 Å². The third-order valence-electron chi connectivity index (χ3n) is 2.71. The largest absolute Gasteiger partial charge is 0.298 e. The van der Waals surface area contributed by atoms with Gasteiger partial charge in [-0.15, -0.1) is 0 Å². The van der Waals surface area contributed by atoms with Gasteiger partial charge in [0.2, 0.25) is 0 Å². The Bertz CT molecular complexity index is 636. The van der Waals surface area contributed by atoms with Crippen molar-refractivity contribution in [2.24, 2.45) is 0 Å². The number of halogens is 2. The lowest BCUT2D eigenvalue weighted by molar-refractivity contribution is 0.0982. The average Bonchev–Trinajstić information content (AvgIpc) is 2.38. The van der Waals surface area contributed by atoms with Crippen LogP contribution in [0.2, 0.25) is 0 Å². The zero-order chi connectivity index (χ0) is 13.8. The lowest BCUT2D eigenvalue weighted by Gasteiger charge is -2.05. The molecule has 0 atom stereocenters. The number of hydrogen-bond acceptors (Lipinski definition) is 2. The summed E-state index contributed by atoms with van der Waals surface area (Å²) in [5.41, 5.74) is 0.188. The monoisotopic (exact) mass is 260 g/mol. The number of carbonyl (C=O) groups excluding carboxylic acids is 2. The Hall–Kier alpha value is -2.36. The van der Waals surface area contributed by atoms with Crippen molar-refractivity contribution in [3.8, 4) is 0 Å². The SMILES string of the molecule is O=Cc1cccc(F)c1C(=O)Cc1cccc(F)c1. The van der Waals surface area contributed by atoms with Gasteiger partial charge in [-0.05, 0) is 23.8 Å². The van der Waals surface area contributed by atoms with Crippen molar-refractivity contribution in [1.29, 1.82) is 0 Å². The molecule has 4 heteroatoms. The Morgan fingerprint density at radius 1 is 1.11 bits per heavy atom. The third-order valence-corrected chi connectivity index (χ3v) is 2.71. The van der Waals surface area contributed by atoms with E-state index in [0.717, 1.165) is 6.07 Å². The van der Waals surface area contributed by atoms with Gasteiger partial charge in [0.15, 0.2) is 12.1 Å². The number of aldehydes is 1. The summed E-state index contributed by atoms with van der Waals surface area (Å²) >= 11 is 0. The first-order chi connectivity index (χ1) is 9.11. The van der Waals surface area contributed by atoms with Crippen LogP contribution in [0.5, 0.6) is 0 Å². The molecule has 96 valence electrons. The molecule has 0 aliphatic rings. The lowest BCUT2D eigenvalue weighted by Crippen LogP contribution is -2.09. The molecule has 0 heterocycles. The molecule has 0 fully saturated rings. The van der Waals surface area contributed by atoms with Gasteiger partial charge in [0, 0.05) is 12.0 Å². The second-order valence-electron chi connectivity index (χ2n) is 4.05. The minimum Gasteiger partial charge on any atom is -0.298 e. The third kappa shape index (κ3) is 2.91. The van der Waals surface area contributed by atoms with Crippen molar-refractivity contribution >= 4 is 12.1 Å². The number of Topliss-reactive ketones (excluding diaryl/α,β-unsaturated/α-hetero) is 1. The normalized spacial score (nSPS) is 10.2. The van der Waals surface area contributed by atoms with Gasteiger partial charge in [-0.1, -0.05) is 24.3 Å². The summed E-state index contributed by atoms with van der Waals surface area (Å²) < 4.78 is 26.6. The van der Waals surface area contributed by atoms with Gasteiger partial charge in [-0.2, -0.15) is 0 Å². The molecule has 0 N–H and O–H groups in total. The van der Waals surface area contributed by atoms with Crippen molar-refractivity contribution in [3.63, 3.8) is 0 Å². The molecule has 0 saturated heterocycles. The molecule has 0 spiro atoms. The minimum atomic E-state index is -0.744. The van der Waals surface area contributed by atoms with E-state index >= 15 is 0 Å². The van der Waals surface area contributed by atoms with E-state index < -0.39 is 17.4 Å². The Balaban J connectivity index is 2.33. The number of benzene rings is 2. The fourth-order valence-electron chi connectivity index (χ4n) is 1.85. The maximum atomic E-state index is 13.6. The Kier molecular flexibility index (Phi) is 3.80. The summed E-state index contributed by atoms with van der Waals surface area (Å²) in [5, 5.41) is 0. The molecule has 0 aliphatic carbocycles. The molecule has 2 aromatic rings. The zero-order valence-corrected chi connectivity index (χ0v) is 9.90. The summed E-state index contributed by atoms with van der Waals surface area (Å²) in [6.07, 6.45) is 0.279. The van der Waals surface area contributed by atoms with E-state index in [2.05, 4.69) is 0 Å². The second-order valence-corrected chi connectivity index (χ2v) is 4.05. The molecule has 2 nitrogen and oxygen atoms in total. The lowest BCUT2D eigenvalue weighted by atomic mass is 9.98.